The fourth-order valence-electron chi connectivity index (χ4n) is 1.38. The van der Waals surface area contributed by atoms with Crippen molar-refractivity contribution in [3.8, 4) is 0 Å². The van der Waals surface area contributed by atoms with Crippen LogP contribution in [0.25, 0.3) is 0 Å². The predicted octanol–water partition coefficient (Wildman–Crippen LogP) is 3.79. The first kappa shape index (κ1) is 9.44. The van der Waals surface area contributed by atoms with Crippen LogP contribution in [-0.2, 0) is 21.4 Å². The molecule has 1 heteroatoms. The second-order valence-electron chi connectivity index (χ2n) is 3.45. The molecule has 0 aromatic heterocycles. The van der Waals surface area contributed by atoms with Crippen LogP contribution < -0.4 is 0 Å². The number of allylic oxidation sites excluding steroid dienone is 4. The molecule has 0 nitrogen and oxygen atoms in total. The predicted molar refractivity (Wildman–Crippen MR) is 47.6 cm³/mol. The summed E-state index contributed by atoms with van der Waals surface area (Å²) in [6, 6.07) is 0. The third-order valence-electron chi connectivity index (χ3n) is 2.12. The summed E-state index contributed by atoms with van der Waals surface area (Å²) in [7, 11) is 0. The quantitative estimate of drug-likeness (QED) is 0.695. The van der Waals surface area contributed by atoms with Crippen LogP contribution in [0.2, 0.25) is 13.0 Å². The van der Waals surface area contributed by atoms with Crippen LogP contribution in [-0.4, -0.2) is 0 Å². The molecule has 0 aromatic carbocycles. The molecule has 0 bridgehead atoms. The average molecular weight is 316 g/mol. The molecule has 0 radical (unpaired) electrons. The molecular formula is C10H17Hf. The molecule has 0 spiro atoms. The van der Waals surface area contributed by atoms with E-state index in [2.05, 4.69) is 34.5 Å². The Morgan fingerprint density at radius 3 is 2.64 bits per heavy atom. The average Bonchev–Trinajstić information content (AvgIpc) is 2.37. The Kier molecular flexibility index (Phi) is 3.77. The van der Waals surface area contributed by atoms with E-state index in [0.717, 1.165) is 3.67 Å². The molecule has 11 heavy (non-hydrogen) atoms. The van der Waals surface area contributed by atoms with Gasteiger partial charge in [0.05, 0.1) is 0 Å². The molecular weight excluding hydrogens is 299 g/mol. The third kappa shape index (κ3) is 2.70. The third-order valence-corrected chi connectivity index (χ3v) is 8.20. The van der Waals surface area contributed by atoms with E-state index in [-0.39, 0.29) is 0 Å². The topological polar surface area (TPSA) is 0 Å². The first-order valence-electron chi connectivity index (χ1n) is 4.43. The van der Waals surface area contributed by atoms with E-state index in [1.807, 2.05) is 0 Å². The van der Waals surface area contributed by atoms with E-state index in [1.54, 1.807) is 5.57 Å². The summed E-state index contributed by atoms with van der Waals surface area (Å²) in [5.74, 6) is 0. The van der Waals surface area contributed by atoms with Gasteiger partial charge in [0.2, 0.25) is 0 Å². The second-order valence-corrected chi connectivity index (χ2v) is 13.6. The van der Waals surface area contributed by atoms with Gasteiger partial charge in [-0.1, -0.05) is 0 Å². The van der Waals surface area contributed by atoms with Crippen molar-refractivity contribution in [2.45, 2.75) is 32.8 Å². The van der Waals surface area contributed by atoms with Crippen molar-refractivity contribution in [3.05, 3.63) is 23.8 Å². The monoisotopic (exact) mass is 317 g/mol. The molecule has 1 aliphatic rings. The zero-order valence-electron chi connectivity index (χ0n) is 7.72. The zero-order valence-corrected chi connectivity index (χ0v) is 11.3. The fraction of sp³-hybridized carbons (Fsp3) is 0.600. The second kappa shape index (κ2) is 4.39. The van der Waals surface area contributed by atoms with Crippen LogP contribution in [0.3, 0.4) is 0 Å². The molecule has 0 amide bonds. The maximum atomic E-state index is 2.51. The molecule has 0 aromatic rings. The van der Waals surface area contributed by atoms with E-state index in [0.29, 0.717) is 0 Å². The van der Waals surface area contributed by atoms with Crippen LogP contribution in [0.4, 0.5) is 0 Å². The Labute approximate surface area is 77.9 Å². The van der Waals surface area contributed by atoms with Crippen LogP contribution in [0.1, 0.15) is 19.8 Å². The molecule has 0 fully saturated rings. The van der Waals surface area contributed by atoms with Gasteiger partial charge in [-0.05, 0) is 0 Å². The van der Waals surface area contributed by atoms with Crippen LogP contribution in [0.5, 0.6) is 0 Å². The van der Waals surface area contributed by atoms with Crippen LogP contribution >= 0.6 is 0 Å². The maximum absolute atomic E-state index is 2.51. The SMILES string of the molecule is CCCC1=C[CH]([Hf]([CH3])[CH3])C=C1. The molecule has 1 unspecified atom stereocenters. The summed E-state index contributed by atoms with van der Waals surface area (Å²) in [6.07, 6.45) is 9.84. The van der Waals surface area contributed by atoms with Gasteiger partial charge in [0.15, 0.2) is 0 Å². The molecule has 1 aliphatic carbocycles. The summed E-state index contributed by atoms with van der Waals surface area (Å²) >= 11 is -1.10. The first-order chi connectivity index (χ1) is 5.24. The van der Waals surface area contributed by atoms with Crippen molar-refractivity contribution in [1.29, 1.82) is 0 Å². The molecule has 0 saturated heterocycles. The van der Waals surface area contributed by atoms with Gasteiger partial charge >= 0.3 is 78.0 Å². The molecule has 0 N–H and O–H groups in total. The Bertz CT molecular complexity index is 177. The minimum absolute atomic E-state index is 0.918. The molecule has 0 saturated carbocycles. The van der Waals surface area contributed by atoms with E-state index < -0.39 is 21.4 Å². The van der Waals surface area contributed by atoms with Crippen molar-refractivity contribution in [2.75, 3.05) is 0 Å². The normalized spacial score (nSPS) is 22.1. The van der Waals surface area contributed by atoms with Crippen molar-refractivity contribution in [2.24, 2.45) is 0 Å². The van der Waals surface area contributed by atoms with Gasteiger partial charge < -0.3 is 0 Å². The summed E-state index contributed by atoms with van der Waals surface area (Å²) in [5, 5.41) is 0. The van der Waals surface area contributed by atoms with Crippen LogP contribution in [0, 0.1) is 0 Å². The number of rotatable bonds is 3. The standard InChI is InChI=1S/C8H11.2CH3.Hf/c1-2-5-8-6-3-4-7-8;;;/h3-4,6-7H,2,5H2,1H3;2*1H3;. The van der Waals surface area contributed by atoms with Crippen molar-refractivity contribution in [3.63, 3.8) is 0 Å². The van der Waals surface area contributed by atoms with E-state index in [4.69, 9.17) is 0 Å². The van der Waals surface area contributed by atoms with Gasteiger partial charge in [-0.2, -0.15) is 0 Å². The van der Waals surface area contributed by atoms with Crippen molar-refractivity contribution in [1.82, 2.24) is 0 Å². The van der Waals surface area contributed by atoms with Gasteiger partial charge in [-0.25, -0.2) is 0 Å². The summed E-state index contributed by atoms with van der Waals surface area (Å²) in [4.78, 5) is 0. The molecule has 61 valence electrons. The van der Waals surface area contributed by atoms with Crippen molar-refractivity contribution >= 4 is 0 Å². The minimum atomic E-state index is -1.10. The fourth-order valence-corrected chi connectivity index (χ4v) is 5.08. The first-order valence-corrected chi connectivity index (χ1v) is 13.7. The van der Waals surface area contributed by atoms with E-state index in [1.165, 1.54) is 12.8 Å². The molecule has 0 aliphatic heterocycles. The zero-order chi connectivity index (χ0) is 8.27. The van der Waals surface area contributed by atoms with Gasteiger partial charge in [0, 0.05) is 0 Å². The Morgan fingerprint density at radius 2 is 2.18 bits per heavy atom. The number of hydrogen-bond donors (Lipinski definition) is 0. The molecule has 1 rings (SSSR count). The van der Waals surface area contributed by atoms with Gasteiger partial charge in [-0.15, -0.1) is 0 Å². The Hall–Kier alpha value is 0.350. The van der Waals surface area contributed by atoms with E-state index >= 15 is 0 Å². The molecule has 0 heterocycles. The molecule has 1 atom stereocenters. The Morgan fingerprint density at radius 1 is 1.45 bits per heavy atom. The van der Waals surface area contributed by atoms with Crippen LogP contribution in [0.15, 0.2) is 23.8 Å². The van der Waals surface area contributed by atoms with Crippen molar-refractivity contribution < 1.29 is 21.4 Å². The van der Waals surface area contributed by atoms with Gasteiger partial charge in [-0.3, -0.25) is 0 Å². The van der Waals surface area contributed by atoms with Gasteiger partial charge in [0.1, 0.15) is 0 Å². The summed E-state index contributed by atoms with van der Waals surface area (Å²) in [6.45, 7) is 2.25. The van der Waals surface area contributed by atoms with Gasteiger partial charge in [0.25, 0.3) is 0 Å². The van der Waals surface area contributed by atoms with E-state index in [9.17, 15) is 0 Å². The Balaban J connectivity index is 2.49. The summed E-state index contributed by atoms with van der Waals surface area (Å²) < 4.78 is 5.90. The number of hydrogen-bond acceptors (Lipinski definition) is 0. The summed E-state index contributed by atoms with van der Waals surface area (Å²) in [5.41, 5.74) is 1.59.